The molecule has 0 bridgehead atoms. The van der Waals surface area contributed by atoms with E-state index in [4.69, 9.17) is 4.74 Å². The number of rotatable bonds is 5. The number of ether oxygens (including phenoxy) is 2. The fourth-order valence-electron chi connectivity index (χ4n) is 5.83. The fraction of sp³-hybridized carbons (Fsp3) is 0.357. The minimum atomic E-state index is -0.949. The van der Waals surface area contributed by atoms with Gasteiger partial charge in [0.1, 0.15) is 0 Å². The zero-order valence-electron chi connectivity index (χ0n) is 20.5. The van der Waals surface area contributed by atoms with Gasteiger partial charge in [-0.05, 0) is 73.2 Å². The van der Waals surface area contributed by atoms with E-state index < -0.39 is 41.3 Å². The van der Waals surface area contributed by atoms with Crippen molar-refractivity contribution in [3.8, 4) is 5.75 Å². The second-order valence-electron chi connectivity index (χ2n) is 9.62. The number of allylic oxidation sites excluding steroid dienone is 2. The lowest BCUT2D eigenvalue weighted by molar-refractivity contribution is -0.137. The third-order valence-electron chi connectivity index (χ3n) is 7.49. The second kappa shape index (κ2) is 9.89. The van der Waals surface area contributed by atoms with E-state index in [0.717, 1.165) is 29.5 Å². The molecule has 1 aliphatic carbocycles. The Hall–Kier alpha value is -3.85. The van der Waals surface area contributed by atoms with Gasteiger partial charge in [0, 0.05) is 12.1 Å². The van der Waals surface area contributed by atoms with Gasteiger partial charge in [-0.1, -0.05) is 17.7 Å². The van der Waals surface area contributed by atoms with Crippen molar-refractivity contribution in [2.24, 2.45) is 17.8 Å². The Morgan fingerprint density at radius 1 is 1.24 bits per heavy atom. The molecule has 0 spiro atoms. The van der Waals surface area contributed by atoms with Crippen LogP contribution in [0.5, 0.6) is 5.75 Å². The normalized spacial score (nSPS) is 25.4. The van der Waals surface area contributed by atoms with Crippen LogP contribution in [0.1, 0.15) is 37.4 Å². The number of phenolic OH excluding ortho intramolecular Hbond substituents is 1. The predicted octanol–water partition coefficient (Wildman–Crippen LogP) is 4.35. The van der Waals surface area contributed by atoms with Crippen molar-refractivity contribution < 1.29 is 33.4 Å². The van der Waals surface area contributed by atoms with Gasteiger partial charge in [0.25, 0.3) is 0 Å². The zero-order chi connectivity index (χ0) is 26.3. The van der Waals surface area contributed by atoms with E-state index in [1.165, 1.54) is 12.1 Å². The molecule has 2 aliphatic heterocycles. The van der Waals surface area contributed by atoms with Crippen LogP contribution in [-0.4, -0.2) is 52.7 Å². The maximum absolute atomic E-state index is 14.0. The van der Waals surface area contributed by atoms with Crippen molar-refractivity contribution in [3.05, 3.63) is 70.8 Å². The predicted molar refractivity (Wildman–Crippen MR) is 131 cm³/mol. The average Bonchev–Trinajstić information content (AvgIpc) is 3.43. The molecule has 0 radical (unpaired) electrons. The summed E-state index contributed by atoms with van der Waals surface area (Å²) in [5.74, 6) is -3.65. The Morgan fingerprint density at radius 3 is 2.76 bits per heavy atom. The van der Waals surface area contributed by atoms with E-state index in [-0.39, 0.29) is 12.0 Å². The summed E-state index contributed by atoms with van der Waals surface area (Å²) in [4.78, 5) is 43.1. The molecule has 0 saturated carbocycles. The van der Waals surface area contributed by atoms with E-state index in [1.54, 1.807) is 12.3 Å². The Kier molecular flexibility index (Phi) is 6.64. The molecule has 2 aromatic rings. The van der Waals surface area contributed by atoms with Gasteiger partial charge in [-0.25, -0.2) is 9.18 Å². The van der Waals surface area contributed by atoms with Gasteiger partial charge in [0.05, 0.1) is 37.4 Å². The highest BCUT2D eigenvalue weighted by Gasteiger charge is 2.58. The summed E-state index contributed by atoms with van der Waals surface area (Å²) in [6.45, 7) is 2.24. The van der Waals surface area contributed by atoms with Crippen LogP contribution in [0.4, 0.5) is 9.18 Å². The molecule has 2 saturated heterocycles. The van der Waals surface area contributed by atoms with Crippen molar-refractivity contribution in [1.29, 1.82) is 0 Å². The Balaban J connectivity index is 1.39. The number of hydrogen-bond acceptors (Lipinski definition) is 7. The number of phenols is 1. The highest BCUT2D eigenvalue weighted by atomic mass is 19.1. The third kappa shape index (κ3) is 4.44. The lowest BCUT2D eigenvalue weighted by atomic mass is 9.70. The summed E-state index contributed by atoms with van der Waals surface area (Å²) in [6.07, 6.45) is 3.86. The number of carbonyl (C=O) groups excluding carboxylic acids is 3. The van der Waals surface area contributed by atoms with Gasteiger partial charge >= 0.3 is 6.09 Å². The number of aromatic nitrogens is 1. The number of benzene rings is 1. The molecule has 3 aliphatic rings. The highest BCUT2D eigenvalue weighted by molar-refractivity contribution is 6.16. The van der Waals surface area contributed by atoms with Crippen molar-refractivity contribution in [2.75, 3.05) is 13.7 Å². The first-order valence-corrected chi connectivity index (χ1v) is 12.2. The molecule has 1 aromatic heterocycles. The van der Waals surface area contributed by atoms with E-state index in [0.29, 0.717) is 36.3 Å². The fourth-order valence-corrected chi connectivity index (χ4v) is 5.83. The van der Waals surface area contributed by atoms with Crippen LogP contribution >= 0.6 is 0 Å². The number of hydrogen-bond donors (Lipinski definition) is 1. The van der Waals surface area contributed by atoms with Gasteiger partial charge in [0.2, 0.25) is 11.8 Å². The Morgan fingerprint density at radius 2 is 2.05 bits per heavy atom. The number of pyridine rings is 1. The molecule has 2 fully saturated rings. The van der Waals surface area contributed by atoms with Crippen LogP contribution in [0.3, 0.4) is 0 Å². The number of fused-ring (bicyclic) bond motifs is 3. The minimum absolute atomic E-state index is 0.260. The molecule has 3 amide bonds. The van der Waals surface area contributed by atoms with E-state index >= 15 is 0 Å². The molecule has 0 unspecified atom stereocenters. The van der Waals surface area contributed by atoms with Crippen LogP contribution in [0, 0.1) is 23.6 Å². The monoisotopic (exact) mass is 506 g/mol. The lowest BCUT2D eigenvalue weighted by Crippen LogP contribution is -2.37. The Bertz CT molecular complexity index is 1320. The zero-order valence-corrected chi connectivity index (χ0v) is 20.5. The van der Waals surface area contributed by atoms with Crippen LogP contribution < -0.4 is 0 Å². The van der Waals surface area contributed by atoms with E-state index in [2.05, 4.69) is 9.72 Å². The van der Waals surface area contributed by atoms with Gasteiger partial charge in [-0.3, -0.25) is 14.6 Å². The second-order valence-corrected chi connectivity index (χ2v) is 9.62. The first-order chi connectivity index (χ1) is 17.8. The minimum Gasteiger partial charge on any atom is -0.505 e. The van der Waals surface area contributed by atoms with Gasteiger partial charge in [-0.15, -0.1) is 0 Å². The summed E-state index contributed by atoms with van der Waals surface area (Å²) >= 11 is 0. The first kappa shape index (κ1) is 24.8. The highest BCUT2D eigenvalue weighted by Crippen LogP contribution is 2.50. The van der Waals surface area contributed by atoms with Gasteiger partial charge in [-0.2, -0.15) is 4.90 Å². The summed E-state index contributed by atoms with van der Waals surface area (Å²) < 4.78 is 24.8. The smallest absolute Gasteiger partial charge is 0.423 e. The molecule has 37 heavy (non-hydrogen) atoms. The van der Waals surface area contributed by atoms with E-state index in [9.17, 15) is 23.9 Å². The molecule has 3 heterocycles. The largest absolute Gasteiger partial charge is 0.505 e. The molecule has 1 N–H and O–H groups in total. The first-order valence-electron chi connectivity index (χ1n) is 12.2. The standard InChI is InChI=1S/C28H27FN2O6/c1-15-11-18-25(27(34)31(26(18)33)28(35)36-2)19-14-37-23(24(15)19)9-7-17(21-5-3-4-10-30-21)12-16-6-8-22(32)20(29)13-16/h3-6,8,10,12-13,18-19,23,25,32H,7,9,11,14H2,1-2H3/b17-12-/t18-,19+,23-,25-/m1/s1. The lowest BCUT2D eigenvalue weighted by Gasteiger charge is -2.30. The number of nitrogens with zero attached hydrogens (tertiary/aromatic N) is 2. The quantitative estimate of drug-likeness (QED) is 0.475. The molecular formula is C28H27FN2O6. The van der Waals surface area contributed by atoms with Crippen LogP contribution in [0.2, 0.25) is 0 Å². The van der Waals surface area contributed by atoms with Crippen LogP contribution in [0.15, 0.2) is 53.7 Å². The number of aromatic hydroxyl groups is 1. The van der Waals surface area contributed by atoms with Gasteiger partial charge < -0.3 is 14.6 Å². The number of amides is 3. The summed E-state index contributed by atoms with van der Waals surface area (Å²) in [5.41, 5.74) is 4.23. The van der Waals surface area contributed by atoms with Gasteiger partial charge in [0.15, 0.2) is 11.6 Å². The maximum atomic E-state index is 14.0. The van der Waals surface area contributed by atoms with Crippen molar-refractivity contribution in [3.63, 3.8) is 0 Å². The maximum Gasteiger partial charge on any atom is 0.423 e. The van der Waals surface area contributed by atoms with E-state index in [1.807, 2.05) is 31.2 Å². The SMILES string of the molecule is COC(=O)N1C(=O)[C@@H]2[C@@H](CC(C)=C3[C@@H](CC/C(=C/c4ccc(O)c(F)c4)c4ccccn4)OC[C@@H]32)C1=O. The van der Waals surface area contributed by atoms with Crippen molar-refractivity contribution in [2.45, 2.75) is 32.3 Å². The number of carbonyl (C=O) groups is 3. The molecular weight excluding hydrogens is 479 g/mol. The topological polar surface area (TPSA) is 106 Å². The molecule has 4 atom stereocenters. The molecule has 8 nitrogen and oxygen atoms in total. The number of methoxy groups -OCH3 is 1. The number of halogens is 1. The number of imide groups is 3. The number of likely N-dealkylation sites (tertiary alicyclic amines) is 1. The molecule has 5 rings (SSSR count). The van der Waals surface area contributed by atoms with Crippen molar-refractivity contribution >= 4 is 29.6 Å². The Labute approximate surface area is 213 Å². The average molecular weight is 507 g/mol. The summed E-state index contributed by atoms with van der Waals surface area (Å²) in [5, 5.41) is 9.53. The molecule has 1 aromatic carbocycles. The van der Waals surface area contributed by atoms with Crippen molar-refractivity contribution in [1.82, 2.24) is 9.88 Å². The van der Waals surface area contributed by atoms with Crippen LogP contribution in [0.25, 0.3) is 11.6 Å². The summed E-state index contributed by atoms with van der Waals surface area (Å²) in [7, 11) is 1.15. The summed E-state index contributed by atoms with van der Waals surface area (Å²) in [6, 6.07) is 9.78. The molecule has 9 heteroatoms. The van der Waals surface area contributed by atoms with Crippen LogP contribution in [-0.2, 0) is 19.1 Å². The molecule has 192 valence electrons. The third-order valence-corrected chi connectivity index (χ3v) is 7.49.